The molecule has 0 aromatic heterocycles. The maximum absolute atomic E-state index is 12.0. The summed E-state index contributed by atoms with van der Waals surface area (Å²) in [6.45, 7) is 0.449. The summed E-state index contributed by atoms with van der Waals surface area (Å²) in [4.78, 5) is 35.7. The van der Waals surface area contributed by atoms with Gasteiger partial charge in [0, 0.05) is 39.9 Å². The Labute approximate surface area is 112 Å². The van der Waals surface area contributed by atoms with Gasteiger partial charge in [-0.05, 0) is 6.42 Å². The molecule has 0 aliphatic carbocycles. The Kier molecular flexibility index (Phi) is 5.47. The molecule has 7 nitrogen and oxygen atoms in total. The van der Waals surface area contributed by atoms with E-state index in [1.54, 1.807) is 7.05 Å². The summed E-state index contributed by atoms with van der Waals surface area (Å²) in [5.41, 5.74) is 0.377. The van der Waals surface area contributed by atoms with Crippen molar-refractivity contribution in [1.82, 2.24) is 9.91 Å². The van der Waals surface area contributed by atoms with Gasteiger partial charge in [-0.1, -0.05) is 0 Å². The Morgan fingerprint density at radius 2 is 2.11 bits per heavy atom. The van der Waals surface area contributed by atoms with Crippen LogP contribution < -0.4 is 0 Å². The Balaban J connectivity index is 2.46. The molecule has 2 amide bonds. The van der Waals surface area contributed by atoms with Crippen LogP contribution >= 0.6 is 0 Å². The molecule has 0 fully saturated rings. The molecule has 1 rings (SSSR count). The highest BCUT2D eigenvalue weighted by Crippen LogP contribution is 2.09. The first-order valence-electron chi connectivity index (χ1n) is 6.12. The van der Waals surface area contributed by atoms with Crippen LogP contribution in [0.3, 0.4) is 0 Å². The number of carbonyl (C=O) groups is 3. The van der Waals surface area contributed by atoms with Crippen LogP contribution in [0, 0.1) is 0 Å². The van der Waals surface area contributed by atoms with Crippen molar-refractivity contribution in [2.45, 2.75) is 25.7 Å². The van der Waals surface area contributed by atoms with Crippen LogP contribution in [-0.4, -0.2) is 61.2 Å². The monoisotopic (exact) mass is 269 g/mol. The van der Waals surface area contributed by atoms with E-state index in [4.69, 9.17) is 0 Å². The number of nitrogens with zero attached hydrogens (tertiary/aromatic N) is 3. The maximum Gasteiger partial charge on any atom is 0.305 e. The summed E-state index contributed by atoms with van der Waals surface area (Å²) >= 11 is 0. The smallest absolute Gasteiger partial charge is 0.305 e. The van der Waals surface area contributed by atoms with Gasteiger partial charge in [-0.25, -0.2) is 5.01 Å². The van der Waals surface area contributed by atoms with E-state index in [-0.39, 0.29) is 24.2 Å². The van der Waals surface area contributed by atoms with Gasteiger partial charge in [0.05, 0.1) is 7.11 Å². The summed E-state index contributed by atoms with van der Waals surface area (Å²) in [5.74, 6) is -0.588. The Morgan fingerprint density at radius 3 is 2.68 bits per heavy atom. The standard InChI is InChI=1S/C12H19N3O4/c1-14(8-4-5-11(17)19-3)12(18)9-6-7-10(16)15(2)13-9/h4-8H2,1-3H3. The molecular formula is C12H19N3O4. The zero-order valence-electron chi connectivity index (χ0n) is 11.5. The molecule has 0 bridgehead atoms. The largest absolute Gasteiger partial charge is 0.469 e. The second-order valence-corrected chi connectivity index (χ2v) is 4.37. The van der Waals surface area contributed by atoms with Crippen molar-refractivity contribution in [3.8, 4) is 0 Å². The summed E-state index contributed by atoms with van der Waals surface area (Å²) < 4.78 is 4.52. The molecule has 0 atom stereocenters. The van der Waals surface area contributed by atoms with E-state index in [0.29, 0.717) is 31.5 Å². The van der Waals surface area contributed by atoms with E-state index < -0.39 is 0 Å². The molecule has 0 radical (unpaired) electrons. The van der Waals surface area contributed by atoms with Gasteiger partial charge in [0.1, 0.15) is 5.71 Å². The Bertz CT molecular complexity index is 406. The highest BCUT2D eigenvalue weighted by atomic mass is 16.5. The van der Waals surface area contributed by atoms with E-state index in [9.17, 15) is 14.4 Å². The number of ether oxygens (including phenoxy) is 1. The van der Waals surface area contributed by atoms with E-state index >= 15 is 0 Å². The molecule has 1 aliphatic rings. The number of methoxy groups -OCH3 is 1. The molecule has 0 saturated carbocycles. The van der Waals surface area contributed by atoms with Gasteiger partial charge in [0.2, 0.25) is 5.91 Å². The highest BCUT2D eigenvalue weighted by Gasteiger charge is 2.24. The topological polar surface area (TPSA) is 79.3 Å². The van der Waals surface area contributed by atoms with Crippen LogP contribution in [0.5, 0.6) is 0 Å². The van der Waals surface area contributed by atoms with Gasteiger partial charge in [-0.3, -0.25) is 14.4 Å². The minimum atomic E-state index is -0.291. The number of hydrazone groups is 1. The van der Waals surface area contributed by atoms with Crippen molar-refractivity contribution >= 4 is 23.5 Å². The molecule has 1 aliphatic heterocycles. The summed E-state index contributed by atoms with van der Waals surface area (Å²) in [6.07, 6.45) is 1.48. The number of esters is 1. The minimum Gasteiger partial charge on any atom is -0.469 e. The molecule has 19 heavy (non-hydrogen) atoms. The second-order valence-electron chi connectivity index (χ2n) is 4.37. The molecule has 0 N–H and O–H groups in total. The van der Waals surface area contributed by atoms with Crippen molar-refractivity contribution < 1.29 is 19.1 Å². The third kappa shape index (κ3) is 4.35. The second kappa shape index (κ2) is 6.86. The van der Waals surface area contributed by atoms with Gasteiger partial charge in [0.25, 0.3) is 5.91 Å². The maximum atomic E-state index is 12.0. The van der Waals surface area contributed by atoms with Gasteiger partial charge in [-0.15, -0.1) is 0 Å². The summed E-state index contributed by atoms with van der Waals surface area (Å²) in [7, 11) is 4.52. The van der Waals surface area contributed by atoms with Gasteiger partial charge in [-0.2, -0.15) is 5.10 Å². The van der Waals surface area contributed by atoms with Crippen LogP contribution in [0.2, 0.25) is 0 Å². The van der Waals surface area contributed by atoms with E-state index in [1.165, 1.54) is 24.1 Å². The first-order valence-corrected chi connectivity index (χ1v) is 6.12. The SMILES string of the molecule is COC(=O)CCCN(C)C(=O)C1=NN(C)C(=O)CC1. The van der Waals surface area contributed by atoms with Crippen LogP contribution in [0.1, 0.15) is 25.7 Å². The van der Waals surface area contributed by atoms with Crippen LogP contribution in [0.25, 0.3) is 0 Å². The lowest BCUT2D eigenvalue weighted by atomic mass is 10.1. The molecular weight excluding hydrogens is 250 g/mol. The molecule has 1 heterocycles. The van der Waals surface area contributed by atoms with E-state index in [0.717, 1.165) is 0 Å². The number of rotatable bonds is 5. The van der Waals surface area contributed by atoms with Crippen LogP contribution in [-0.2, 0) is 19.1 Å². The lowest BCUT2D eigenvalue weighted by Gasteiger charge is -2.22. The third-order valence-electron chi connectivity index (χ3n) is 2.90. The minimum absolute atomic E-state index is 0.0927. The summed E-state index contributed by atoms with van der Waals surface area (Å²) in [5, 5.41) is 5.15. The molecule has 7 heteroatoms. The van der Waals surface area contributed by atoms with Crippen molar-refractivity contribution in [3.63, 3.8) is 0 Å². The average Bonchev–Trinajstić information content (AvgIpc) is 2.40. The Morgan fingerprint density at radius 1 is 1.42 bits per heavy atom. The summed E-state index contributed by atoms with van der Waals surface area (Å²) in [6, 6.07) is 0. The predicted molar refractivity (Wildman–Crippen MR) is 68.3 cm³/mol. The van der Waals surface area contributed by atoms with Gasteiger partial charge < -0.3 is 9.64 Å². The molecule has 106 valence electrons. The normalized spacial score (nSPS) is 15.0. The lowest BCUT2D eigenvalue weighted by Crippen LogP contribution is -2.39. The molecule has 0 unspecified atom stereocenters. The van der Waals surface area contributed by atoms with Crippen LogP contribution in [0.15, 0.2) is 5.10 Å². The molecule has 0 saturated heterocycles. The van der Waals surface area contributed by atoms with E-state index in [1.807, 2.05) is 0 Å². The fraction of sp³-hybridized carbons (Fsp3) is 0.667. The number of hydrogen-bond donors (Lipinski definition) is 0. The number of amides is 2. The Hall–Kier alpha value is -1.92. The van der Waals surface area contributed by atoms with Crippen molar-refractivity contribution in [2.75, 3.05) is 27.7 Å². The predicted octanol–water partition coefficient (Wildman–Crippen LogP) is 0.00620. The van der Waals surface area contributed by atoms with Crippen LogP contribution in [0.4, 0.5) is 0 Å². The highest BCUT2D eigenvalue weighted by molar-refractivity contribution is 6.39. The fourth-order valence-corrected chi connectivity index (χ4v) is 1.71. The lowest BCUT2D eigenvalue weighted by molar-refractivity contribution is -0.141. The third-order valence-corrected chi connectivity index (χ3v) is 2.90. The molecule has 0 aromatic rings. The molecule has 0 spiro atoms. The zero-order chi connectivity index (χ0) is 14.4. The quantitative estimate of drug-likeness (QED) is 0.658. The van der Waals surface area contributed by atoms with E-state index in [2.05, 4.69) is 9.84 Å². The fourth-order valence-electron chi connectivity index (χ4n) is 1.71. The number of hydrogen-bond acceptors (Lipinski definition) is 5. The zero-order valence-corrected chi connectivity index (χ0v) is 11.5. The number of carbonyl (C=O) groups excluding carboxylic acids is 3. The van der Waals surface area contributed by atoms with Gasteiger partial charge >= 0.3 is 5.97 Å². The first-order chi connectivity index (χ1) is 8.95. The first kappa shape index (κ1) is 15.1. The van der Waals surface area contributed by atoms with Gasteiger partial charge in [0.15, 0.2) is 0 Å². The van der Waals surface area contributed by atoms with Crippen molar-refractivity contribution in [3.05, 3.63) is 0 Å². The molecule has 0 aromatic carbocycles. The van der Waals surface area contributed by atoms with Crippen molar-refractivity contribution in [2.24, 2.45) is 5.10 Å². The van der Waals surface area contributed by atoms with Crippen molar-refractivity contribution in [1.29, 1.82) is 0 Å². The average molecular weight is 269 g/mol.